The molecular weight excluding hydrogens is 504 g/mol. The molecule has 0 spiro atoms. The number of carbonyl (C=O) groups is 1. The van der Waals surface area contributed by atoms with Crippen LogP contribution in [0.2, 0.25) is 0 Å². The minimum absolute atomic E-state index is 0.176. The maximum absolute atomic E-state index is 12.6. The molecule has 2 aromatic carbocycles. The summed E-state index contributed by atoms with van der Waals surface area (Å²) in [6, 6.07) is 15.7. The van der Waals surface area contributed by atoms with Crippen molar-refractivity contribution in [1.29, 1.82) is 0 Å². The molecule has 0 aliphatic carbocycles. The van der Waals surface area contributed by atoms with Gasteiger partial charge in [-0.15, -0.1) is 32.0 Å². The van der Waals surface area contributed by atoms with E-state index in [0.29, 0.717) is 21.5 Å². The maximum Gasteiger partial charge on any atom is 0.250 e. The second-order valence-electron chi connectivity index (χ2n) is 8.27. The predicted octanol–water partition coefficient (Wildman–Crippen LogP) is 3.89. The Hall–Kier alpha value is -3.41. The highest BCUT2D eigenvalue weighted by Crippen LogP contribution is 2.43. The molecule has 176 valence electrons. The van der Waals surface area contributed by atoms with Crippen molar-refractivity contribution in [2.75, 3.05) is 23.9 Å². The van der Waals surface area contributed by atoms with Gasteiger partial charge >= 0.3 is 0 Å². The Labute approximate surface area is 212 Å². The van der Waals surface area contributed by atoms with E-state index in [1.807, 2.05) is 67.5 Å². The van der Waals surface area contributed by atoms with Crippen molar-refractivity contribution in [3.05, 3.63) is 63.9 Å². The van der Waals surface area contributed by atoms with Crippen LogP contribution in [-0.4, -0.2) is 50.8 Å². The molecule has 1 aliphatic heterocycles. The third kappa shape index (κ3) is 3.85. The predicted molar refractivity (Wildman–Crippen MR) is 139 cm³/mol. The average Bonchev–Trinajstić information content (AvgIpc) is 3.49. The lowest BCUT2D eigenvalue weighted by atomic mass is 9.94. The van der Waals surface area contributed by atoms with E-state index in [0.717, 1.165) is 32.5 Å². The molecular formula is C23H19ClN8OS2. The van der Waals surface area contributed by atoms with Gasteiger partial charge in [-0.1, -0.05) is 53.0 Å². The molecule has 4 heterocycles. The molecule has 0 bridgehead atoms. The number of halogens is 1. The summed E-state index contributed by atoms with van der Waals surface area (Å²) in [5.41, 5.74) is 3.88. The maximum atomic E-state index is 12.6. The number of anilines is 2. The van der Waals surface area contributed by atoms with Crippen molar-refractivity contribution in [2.45, 2.75) is 18.0 Å². The molecule has 2 unspecified atom stereocenters. The van der Waals surface area contributed by atoms with E-state index in [4.69, 9.17) is 11.6 Å². The van der Waals surface area contributed by atoms with Crippen molar-refractivity contribution in [3.8, 4) is 0 Å². The van der Waals surface area contributed by atoms with Gasteiger partial charge in [0.15, 0.2) is 0 Å². The highest BCUT2D eigenvalue weighted by molar-refractivity contribution is 7.16. The zero-order chi connectivity index (χ0) is 24.1. The minimum Gasteiger partial charge on any atom is -0.378 e. The summed E-state index contributed by atoms with van der Waals surface area (Å²) in [6.07, 6.45) is 0. The Morgan fingerprint density at radius 2 is 1.86 bits per heavy atom. The fraction of sp³-hybridized carbons (Fsp3) is 0.217. The van der Waals surface area contributed by atoms with Crippen molar-refractivity contribution in [3.63, 3.8) is 0 Å². The molecule has 1 saturated heterocycles. The summed E-state index contributed by atoms with van der Waals surface area (Å²) in [6.45, 7) is 0.295. The standard InChI is InChI=1S/C23H19ClN8OS2/c1-31(2)13-9-7-12(8-10-13)19-17(24)21(33)32(19)23-30-27-16(34-23)11-25-22-29-28-18-14-5-3-4-6-15(14)26-20(18)35-22/h3-10,17,19,26H,11H2,1-2H3. The number of nitrogens with zero attached hydrogens (tertiary/aromatic N) is 7. The Bertz CT molecular complexity index is 1620. The number of aromatic nitrogens is 5. The summed E-state index contributed by atoms with van der Waals surface area (Å²) in [4.78, 5) is 25.6. The summed E-state index contributed by atoms with van der Waals surface area (Å²) in [5, 5.41) is 18.7. The fourth-order valence-corrected chi connectivity index (χ4v) is 6.01. The first-order valence-corrected chi connectivity index (χ1v) is 12.9. The summed E-state index contributed by atoms with van der Waals surface area (Å²) >= 11 is 9.16. The lowest BCUT2D eigenvalue weighted by Crippen LogP contribution is -2.56. The van der Waals surface area contributed by atoms with Crippen LogP contribution in [0.15, 0.2) is 53.5 Å². The number of H-pyrrole nitrogens is 1. The highest BCUT2D eigenvalue weighted by atomic mass is 35.5. The third-order valence-electron chi connectivity index (χ3n) is 5.87. The molecule has 1 aliphatic rings. The molecule has 35 heavy (non-hydrogen) atoms. The number of β-lactam (4-membered cyclic amide) rings is 1. The second-order valence-corrected chi connectivity index (χ2v) is 10.8. The number of carbonyl (C=O) groups excluding carboxylic acids is 1. The zero-order valence-corrected chi connectivity index (χ0v) is 21.1. The van der Waals surface area contributed by atoms with E-state index >= 15 is 0 Å². The summed E-state index contributed by atoms with van der Waals surface area (Å²) in [7, 11) is 3.97. The Morgan fingerprint density at radius 3 is 2.66 bits per heavy atom. The van der Waals surface area contributed by atoms with E-state index < -0.39 is 5.38 Å². The first kappa shape index (κ1) is 22.1. The number of alkyl halides is 1. The number of hydrogen-bond donors (Lipinski definition) is 1. The molecule has 9 nitrogen and oxygen atoms in total. The first-order chi connectivity index (χ1) is 17.0. The summed E-state index contributed by atoms with van der Waals surface area (Å²) in [5.74, 6) is -0.176. The van der Waals surface area contributed by atoms with Crippen LogP contribution in [0.25, 0.3) is 21.3 Å². The van der Waals surface area contributed by atoms with Gasteiger partial charge in [-0.3, -0.25) is 9.69 Å². The van der Waals surface area contributed by atoms with Crippen LogP contribution in [0.1, 0.15) is 16.6 Å². The van der Waals surface area contributed by atoms with E-state index in [1.54, 1.807) is 4.90 Å². The quantitative estimate of drug-likeness (QED) is 0.277. The van der Waals surface area contributed by atoms with Crippen LogP contribution in [0.3, 0.4) is 0 Å². The first-order valence-electron chi connectivity index (χ1n) is 10.8. The molecule has 5 aromatic rings. The van der Waals surface area contributed by atoms with Gasteiger partial charge in [-0.2, -0.15) is 0 Å². The van der Waals surface area contributed by atoms with E-state index in [1.165, 1.54) is 22.7 Å². The number of aromatic amines is 1. The largest absolute Gasteiger partial charge is 0.378 e. The van der Waals surface area contributed by atoms with Gasteiger partial charge in [0.05, 0.1) is 12.6 Å². The lowest BCUT2D eigenvalue weighted by molar-refractivity contribution is -0.123. The molecule has 3 aromatic heterocycles. The van der Waals surface area contributed by atoms with Crippen LogP contribution >= 0.6 is 34.3 Å². The van der Waals surface area contributed by atoms with Crippen molar-refractivity contribution in [2.24, 2.45) is 4.99 Å². The number of benzene rings is 2. The second kappa shape index (κ2) is 8.67. The Morgan fingerprint density at radius 1 is 1.06 bits per heavy atom. The normalized spacial score (nSPS) is 18.4. The van der Waals surface area contributed by atoms with Crippen LogP contribution < -0.4 is 14.6 Å². The van der Waals surface area contributed by atoms with Crippen LogP contribution in [0.4, 0.5) is 10.8 Å². The molecule has 12 heteroatoms. The van der Waals surface area contributed by atoms with Gasteiger partial charge in [-0.25, -0.2) is 4.99 Å². The Balaban J connectivity index is 1.23. The van der Waals surface area contributed by atoms with Gasteiger partial charge in [0.2, 0.25) is 15.8 Å². The number of fused-ring (bicyclic) bond motifs is 3. The molecule has 0 radical (unpaired) electrons. The van der Waals surface area contributed by atoms with E-state index in [9.17, 15) is 4.79 Å². The highest BCUT2D eigenvalue weighted by Gasteiger charge is 2.49. The van der Waals surface area contributed by atoms with Crippen molar-refractivity contribution in [1.82, 2.24) is 25.4 Å². The van der Waals surface area contributed by atoms with Gasteiger partial charge in [0.25, 0.3) is 0 Å². The molecule has 2 atom stereocenters. The average molecular weight is 523 g/mol. The number of amides is 1. The Kier molecular flexibility index (Phi) is 5.47. The van der Waals surface area contributed by atoms with Gasteiger partial charge < -0.3 is 9.88 Å². The van der Waals surface area contributed by atoms with E-state index in [2.05, 4.69) is 30.4 Å². The lowest BCUT2D eigenvalue weighted by Gasteiger charge is -2.42. The minimum atomic E-state index is -0.627. The van der Waals surface area contributed by atoms with Crippen LogP contribution in [0, 0.1) is 0 Å². The molecule has 0 saturated carbocycles. The molecule has 1 N–H and O–H groups in total. The molecule has 1 amide bonds. The molecule has 1 fully saturated rings. The van der Waals surface area contributed by atoms with Crippen molar-refractivity contribution >= 4 is 72.3 Å². The smallest absolute Gasteiger partial charge is 0.250 e. The van der Waals surface area contributed by atoms with Gasteiger partial charge in [0.1, 0.15) is 20.7 Å². The topological polar surface area (TPSA) is 103 Å². The van der Waals surface area contributed by atoms with Crippen LogP contribution in [-0.2, 0) is 11.3 Å². The van der Waals surface area contributed by atoms with Gasteiger partial charge in [0, 0.05) is 30.7 Å². The molecule has 6 rings (SSSR count). The SMILES string of the molecule is CN(C)c1ccc(C2C(Cl)C(=O)N2c2nnc(CN=c3nnc4c([nH]c5ccccc54)s3)s2)cc1. The van der Waals surface area contributed by atoms with Crippen molar-refractivity contribution < 1.29 is 4.79 Å². The third-order valence-corrected chi connectivity index (χ3v) is 8.09. The number of rotatable bonds is 5. The van der Waals surface area contributed by atoms with Gasteiger partial charge in [-0.05, 0) is 23.8 Å². The number of hydrogen-bond acceptors (Lipinski definition) is 9. The zero-order valence-electron chi connectivity index (χ0n) is 18.7. The monoisotopic (exact) mass is 522 g/mol. The number of nitrogens with one attached hydrogen (secondary N) is 1. The fourth-order valence-electron chi connectivity index (χ4n) is 4.04. The number of para-hydroxylation sites is 1. The summed E-state index contributed by atoms with van der Waals surface area (Å²) < 4.78 is 0. The van der Waals surface area contributed by atoms with Crippen LogP contribution in [0.5, 0.6) is 0 Å². The van der Waals surface area contributed by atoms with E-state index in [-0.39, 0.29) is 11.9 Å².